The summed E-state index contributed by atoms with van der Waals surface area (Å²) in [6, 6.07) is 6.27. The molecule has 96 valence electrons. The monoisotopic (exact) mass is 254 g/mol. The fourth-order valence-corrected chi connectivity index (χ4v) is 2.13. The van der Waals surface area contributed by atoms with Crippen LogP contribution in [0.1, 0.15) is 50.7 Å². The first kappa shape index (κ1) is 14.4. The molecule has 1 aromatic carbocycles. The van der Waals surface area contributed by atoms with E-state index in [1.54, 1.807) is 0 Å². The quantitative estimate of drug-likeness (QED) is 0.471. The van der Waals surface area contributed by atoms with Crippen LogP contribution in [0.15, 0.2) is 18.2 Å². The number of hydrogen-bond acceptors (Lipinski definition) is 1. The van der Waals surface area contributed by atoms with E-state index in [-0.39, 0.29) is 0 Å². The minimum atomic E-state index is 0.589. The van der Waals surface area contributed by atoms with Gasteiger partial charge in [0.1, 0.15) is 5.75 Å². The highest BCUT2D eigenvalue weighted by Crippen LogP contribution is 2.21. The van der Waals surface area contributed by atoms with Crippen LogP contribution in [0.5, 0.6) is 5.75 Å². The van der Waals surface area contributed by atoms with E-state index in [2.05, 4.69) is 26.0 Å². The first-order chi connectivity index (χ1) is 8.31. The number of halogens is 1. The Kier molecular flexibility index (Phi) is 7.11. The van der Waals surface area contributed by atoms with E-state index in [0.717, 1.165) is 31.6 Å². The SMILES string of the molecule is CCCCCOc1ccc(CCl)c(CCC)c1. The normalized spacial score (nSPS) is 10.5. The molecule has 0 amide bonds. The summed E-state index contributed by atoms with van der Waals surface area (Å²) in [4.78, 5) is 0. The van der Waals surface area contributed by atoms with E-state index in [9.17, 15) is 0 Å². The maximum atomic E-state index is 5.92. The van der Waals surface area contributed by atoms with Gasteiger partial charge in [0, 0.05) is 5.88 Å². The highest BCUT2D eigenvalue weighted by atomic mass is 35.5. The molecule has 0 aliphatic heterocycles. The topological polar surface area (TPSA) is 9.23 Å². The summed E-state index contributed by atoms with van der Waals surface area (Å²) in [6.07, 6.45) is 5.82. The second-order valence-corrected chi connectivity index (χ2v) is 4.64. The van der Waals surface area contributed by atoms with Crippen LogP contribution >= 0.6 is 11.6 Å². The number of ether oxygens (including phenoxy) is 1. The molecule has 17 heavy (non-hydrogen) atoms. The summed E-state index contributed by atoms with van der Waals surface area (Å²) in [5.41, 5.74) is 2.56. The van der Waals surface area contributed by atoms with Gasteiger partial charge in [-0.15, -0.1) is 11.6 Å². The van der Waals surface area contributed by atoms with Crippen molar-refractivity contribution in [2.75, 3.05) is 6.61 Å². The van der Waals surface area contributed by atoms with E-state index in [1.165, 1.54) is 24.0 Å². The van der Waals surface area contributed by atoms with E-state index in [1.807, 2.05) is 6.07 Å². The molecule has 0 aliphatic carbocycles. The fourth-order valence-electron chi connectivity index (χ4n) is 1.87. The van der Waals surface area contributed by atoms with Gasteiger partial charge in [0.25, 0.3) is 0 Å². The molecule has 0 fully saturated rings. The molecule has 0 unspecified atom stereocenters. The number of rotatable bonds is 8. The smallest absolute Gasteiger partial charge is 0.119 e. The third-order valence-electron chi connectivity index (χ3n) is 2.86. The summed E-state index contributed by atoms with van der Waals surface area (Å²) < 4.78 is 5.75. The lowest BCUT2D eigenvalue weighted by molar-refractivity contribution is 0.306. The van der Waals surface area contributed by atoms with Crippen molar-refractivity contribution in [3.05, 3.63) is 29.3 Å². The average Bonchev–Trinajstić information content (AvgIpc) is 2.35. The predicted octanol–water partition coefficient (Wildman–Crippen LogP) is 4.95. The zero-order valence-electron chi connectivity index (χ0n) is 11.0. The van der Waals surface area contributed by atoms with Crippen LogP contribution in [0.3, 0.4) is 0 Å². The summed E-state index contributed by atoms with van der Waals surface area (Å²) in [5, 5.41) is 0. The van der Waals surface area contributed by atoms with Crippen molar-refractivity contribution in [3.8, 4) is 5.75 Å². The molecule has 0 saturated carbocycles. The Hall–Kier alpha value is -0.690. The van der Waals surface area contributed by atoms with Gasteiger partial charge in [-0.1, -0.05) is 39.2 Å². The maximum Gasteiger partial charge on any atom is 0.119 e. The molecule has 0 aliphatic rings. The van der Waals surface area contributed by atoms with Crippen LogP contribution in [-0.4, -0.2) is 6.61 Å². The Bertz CT molecular complexity index is 323. The first-order valence-electron chi connectivity index (χ1n) is 6.62. The number of aryl methyl sites for hydroxylation is 1. The minimum Gasteiger partial charge on any atom is -0.494 e. The van der Waals surface area contributed by atoms with Gasteiger partial charge in [0.2, 0.25) is 0 Å². The summed E-state index contributed by atoms with van der Waals surface area (Å²) in [7, 11) is 0. The Labute approximate surface area is 110 Å². The molecule has 0 aromatic heterocycles. The molecule has 2 heteroatoms. The molecular formula is C15H23ClO. The van der Waals surface area contributed by atoms with Gasteiger partial charge < -0.3 is 4.74 Å². The van der Waals surface area contributed by atoms with Crippen molar-refractivity contribution in [2.24, 2.45) is 0 Å². The van der Waals surface area contributed by atoms with Crippen LogP contribution < -0.4 is 4.74 Å². The van der Waals surface area contributed by atoms with Crippen molar-refractivity contribution in [2.45, 2.75) is 51.8 Å². The van der Waals surface area contributed by atoms with Gasteiger partial charge in [0.05, 0.1) is 6.61 Å². The third kappa shape index (κ3) is 4.99. The Balaban J connectivity index is 2.57. The van der Waals surface area contributed by atoms with Crippen LogP contribution in [-0.2, 0) is 12.3 Å². The van der Waals surface area contributed by atoms with Crippen LogP contribution in [0.2, 0.25) is 0 Å². The van der Waals surface area contributed by atoms with Crippen molar-refractivity contribution in [1.82, 2.24) is 0 Å². The van der Waals surface area contributed by atoms with E-state index < -0.39 is 0 Å². The van der Waals surface area contributed by atoms with Crippen LogP contribution in [0.4, 0.5) is 0 Å². The van der Waals surface area contributed by atoms with Gasteiger partial charge in [-0.05, 0) is 36.1 Å². The lowest BCUT2D eigenvalue weighted by Gasteiger charge is -2.10. The molecule has 0 radical (unpaired) electrons. The fraction of sp³-hybridized carbons (Fsp3) is 0.600. The molecule has 1 aromatic rings. The predicted molar refractivity (Wildman–Crippen MR) is 75.0 cm³/mol. The molecule has 1 nitrogen and oxygen atoms in total. The third-order valence-corrected chi connectivity index (χ3v) is 3.15. The molecule has 0 bridgehead atoms. The van der Waals surface area contributed by atoms with Crippen LogP contribution in [0.25, 0.3) is 0 Å². The number of unbranched alkanes of at least 4 members (excludes halogenated alkanes) is 2. The standard InChI is InChI=1S/C15H23ClO/c1-3-5-6-10-17-15-9-8-14(12-16)13(11-15)7-4-2/h8-9,11H,3-7,10,12H2,1-2H3. The van der Waals surface area contributed by atoms with E-state index >= 15 is 0 Å². The highest BCUT2D eigenvalue weighted by Gasteiger charge is 2.03. The van der Waals surface area contributed by atoms with E-state index in [4.69, 9.17) is 16.3 Å². The second-order valence-electron chi connectivity index (χ2n) is 4.37. The van der Waals surface area contributed by atoms with Gasteiger partial charge in [0.15, 0.2) is 0 Å². The lowest BCUT2D eigenvalue weighted by Crippen LogP contribution is -1.99. The number of hydrogen-bond donors (Lipinski definition) is 0. The Morgan fingerprint density at radius 2 is 1.88 bits per heavy atom. The largest absolute Gasteiger partial charge is 0.494 e. The summed E-state index contributed by atoms with van der Waals surface area (Å²) >= 11 is 5.92. The van der Waals surface area contributed by atoms with Crippen molar-refractivity contribution >= 4 is 11.6 Å². The second kappa shape index (κ2) is 8.41. The van der Waals surface area contributed by atoms with Gasteiger partial charge in [-0.3, -0.25) is 0 Å². The Morgan fingerprint density at radius 3 is 2.53 bits per heavy atom. The van der Waals surface area contributed by atoms with Gasteiger partial charge in [-0.25, -0.2) is 0 Å². The number of alkyl halides is 1. The van der Waals surface area contributed by atoms with E-state index in [0.29, 0.717) is 5.88 Å². The number of benzene rings is 1. The lowest BCUT2D eigenvalue weighted by atomic mass is 10.0. The van der Waals surface area contributed by atoms with Gasteiger partial charge >= 0.3 is 0 Å². The first-order valence-corrected chi connectivity index (χ1v) is 7.15. The molecule has 0 atom stereocenters. The highest BCUT2D eigenvalue weighted by molar-refractivity contribution is 6.17. The molecular weight excluding hydrogens is 232 g/mol. The summed E-state index contributed by atoms with van der Waals surface area (Å²) in [6.45, 7) is 5.21. The van der Waals surface area contributed by atoms with Gasteiger partial charge in [-0.2, -0.15) is 0 Å². The van der Waals surface area contributed by atoms with Crippen LogP contribution in [0, 0.1) is 0 Å². The maximum absolute atomic E-state index is 5.92. The zero-order chi connectivity index (χ0) is 12.5. The molecule has 0 N–H and O–H groups in total. The Morgan fingerprint density at radius 1 is 1.06 bits per heavy atom. The average molecular weight is 255 g/mol. The summed E-state index contributed by atoms with van der Waals surface area (Å²) in [5.74, 6) is 1.57. The van der Waals surface area contributed by atoms with Crippen molar-refractivity contribution in [1.29, 1.82) is 0 Å². The molecule has 0 saturated heterocycles. The van der Waals surface area contributed by atoms with Crippen molar-refractivity contribution < 1.29 is 4.74 Å². The molecule has 1 rings (SSSR count). The van der Waals surface area contributed by atoms with Crippen molar-refractivity contribution in [3.63, 3.8) is 0 Å². The molecule has 0 spiro atoms. The zero-order valence-corrected chi connectivity index (χ0v) is 11.7. The molecule has 0 heterocycles. The minimum absolute atomic E-state index is 0.589.